The van der Waals surface area contributed by atoms with Gasteiger partial charge in [-0.3, -0.25) is 14.5 Å². The second-order valence-electron chi connectivity index (χ2n) is 8.37. The van der Waals surface area contributed by atoms with Crippen molar-refractivity contribution in [3.05, 3.63) is 89.0 Å². The third kappa shape index (κ3) is 4.09. The lowest BCUT2D eigenvalue weighted by molar-refractivity contribution is -0.132. The highest BCUT2D eigenvalue weighted by molar-refractivity contribution is 7.22. The van der Waals surface area contributed by atoms with Gasteiger partial charge in [-0.1, -0.05) is 53.3 Å². The number of anilines is 1. The number of hydrogen-bond donors (Lipinski definition) is 1. The number of thiazole rings is 1. The van der Waals surface area contributed by atoms with E-state index >= 15 is 0 Å². The summed E-state index contributed by atoms with van der Waals surface area (Å²) >= 11 is 1.28. The minimum absolute atomic E-state index is 0.0184. The van der Waals surface area contributed by atoms with E-state index in [9.17, 15) is 14.7 Å². The Balaban J connectivity index is 1.69. The predicted molar refractivity (Wildman–Crippen MR) is 140 cm³/mol. The number of aliphatic hydroxyl groups excluding tert-OH is 1. The molecule has 8 heteroatoms. The molecule has 0 unspecified atom stereocenters. The number of ketones is 1. The highest BCUT2D eigenvalue weighted by Crippen LogP contribution is 2.44. The lowest BCUT2D eigenvalue weighted by Gasteiger charge is -2.23. The lowest BCUT2D eigenvalue weighted by atomic mass is 9.95. The van der Waals surface area contributed by atoms with Gasteiger partial charge in [0.05, 0.1) is 35.5 Å². The van der Waals surface area contributed by atoms with Crippen molar-refractivity contribution in [2.24, 2.45) is 0 Å². The van der Waals surface area contributed by atoms with E-state index < -0.39 is 17.7 Å². The molecule has 1 aromatic heterocycles. The fourth-order valence-electron chi connectivity index (χ4n) is 4.25. The first-order valence-electron chi connectivity index (χ1n) is 11.5. The van der Waals surface area contributed by atoms with E-state index in [2.05, 4.69) is 4.98 Å². The van der Waals surface area contributed by atoms with Gasteiger partial charge in [0.1, 0.15) is 17.3 Å². The molecule has 4 aromatic rings. The van der Waals surface area contributed by atoms with E-state index in [0.717, 1.165) is 10.3 Å². The summed E-state index contributed by atoms with van der Waals surface area (Å²) in [5.74, 6) is -0.388. The van der Waals surface area contributed by atoms with Gasteiger partial charge in [-0.25, -0.2) is 4.98 Å². The number of Topliss-reactive ketones (excluding diaryl/α,β-unsaturated/α-hetero) is 1. The lowest BCUT2D eigenvalue weighted by Crippen LogP contribution is -2.29. The highest BCUT2D eigenvalue weighted by atomic mass is 32.1. The average Bonchev–Trinajstić information content (AvgIpc) is 3.42. The van der Waals surface area contributed by atoms with Gasteiger partial charge in [0.25, 0.3) is 5.78 Å². The maximum atomic E-state index is 13.4. The third-order valence-corrected chi connectivity index (χ3v) is 7.08. The first kappa shape index (κ1) is 23.6. The number of carbonyl (C=O) groups is 2. The Labute approximate surface area is 212 Å². The molecular formula is C28H24N2O5S. The Bertz CT molecular complexity index is 1490. The SMILES string of the molecule is CCOc1ccc([C@@H]2/C(=C(\O)c3ccc(C)cc3)C(=O)C(=O)N2c2nc3ccc(OC)cc3s2)cc1. The molecule has 1 amide bonds. The number of carbonyl (C=O) groups excluding carboxylic acids is 2. The Hall–Kier alpha value is -4.17. The van der Waals surface area contributed by atoms with Crippen molar-refractivity contribution >= 4 is 44.1 Å². The summed E-state index contributed by atoms with van der Waals surface area (Å²) in [6.07, 6.45) is 0. The van der Waals surface area contributed by atoms with Crippen molar-refractivity contribution < 1.29 is 24.2 Å². The Morgan fingerprint density at radius 3 is 2.39 bits per heavy atom. The number of benzene rings is 3. The van der Waals surface area contributed by atoms with Crippen LogP contribution >= 0.6 is 11.3 Å². The smallest absolute Gasteiger partial charge is 0.301 e. The molecule has 182 valence electrons. The van der Waals surface area contributed by atoms with Gasteiger partial charge in [-0.15, -0.1) is 0 Å². The van der Waals surface area contributed by atoms with Crippen LogP contribution in [0.25, 0.3) is 16.0 Å². The highest BCUT2D eigenvalue weighted by Gasteiger charge is 2.48. The van der Waals surface area contributed by atoms with Gasteiger partial charge in [0, 0.05) is 5.56 Å². The molecule has 2 heterocycles. The van der Waals surface area contributed by atoms with Crippen LogP contribution in [0.2, 0.25) is 0 Å². The summed E-state index contributed by atoms with van der Waals surface area (Å²) in [7, 11) is 1.58. The van der Waals surface area contributed by atoms with Gasteiger partial charge < -0.3 is 14.6 Å². The van der Waals surface area contributed by atoms with E-state index in [4.69, 9.17) is 9.47 Å². The molecule has 3 aromatic carbocycles. The van der Waals surface area contributed by atoms with E-state index in [1.54, 1.807) is 49.6 Å². The van der Waals surface area contributed by atoms with Gasteiger partial charge in [0.2, 0.25) is 0 Å². The van der Waals surface area contributed by atoms with Crippen LogP contribution in [0.15, 0.2) is 72.3 Å². The summed E-state index contributed by atoms with van der Waals surface area (Å²) in [5, 5.41) is 11.6. The van der Waals surface area contributed by atoms with E-state index in [1.165, 1.54) is 16.2 Å². The van der Waals surface area contributed by atoms with Crippen LogP contribution in [-0.4, -0.2) is 35.5 Å². The second-order valence-corrected chi connectivity index (χ2v) is 9.38. The summed E-state index contributed by atoms with van der Waals surface area (Å²) < 4.78 is 11.7. The van der Waals surface area contributed by atoms with Gasteiger partial charge in [-0.2, -0.15) is 0 Å². The van der Waals surface area contributed by atoms with Crippen molar-refractivity contribution in [2.45, 2.75) is 19.9 Å². The maximum Gasteiger partial charge on any atom is 0.301 e. The molecule has 1 aliphatic heterocycles. The summed E-state index contributed by atoms with van der Waals surface area (Å²) in [4.78, 5) is 32.8. The quantitative estimate of drug-likeness (QED) is 0.209. The fourth-order valence-corrected chi connectivity index (χ4v) is 5.27. The van der Waals surface area contributed by atoms with Crippen molar-refractivity contribution in [2.75, 3.05) is 18.6 Å². The van der Waals surface area contributed by atoms with Gasteiger partial charge >= 0.3 is 5.91 Å². The van der Waals surface area contributed by atoms with Crippen LogP contribution < -0.4 is 14.4 Å². The van der Waals surface area contributed by atoms with E-state index in [-0.39, 0.29) is 11.3 Å². The zero-order valence-corrected chi connectivity index (χ0v) is 20.8. The average molecular weight is 501 g/mol. The molecule has 1 atom stereocenters. The van der Waals surface area contributed by atoms with Crippen LogP contribution in [-0.2, 0) is 9.59 Å². The van der Waals surface area contributed by atoms with Crippen LogP contribution in [0.5, 0.6) is 11.5 Å². The number of nitrogens with zero attached hydrogens (tertiary/aromatic N) is 2. The summed E-state index contributed by atoms with van der Waals surface area (Å²) in [6.45, 7) is 4.34. The molecule has 0 aliphatic carbocycles. The molecule has 1 fully saturated rings. The molecule has 36 heavy (non-hydrogen) atoms. The van der Waals surface area contributed by atoms with Crippen LogP contribution in [0.3, 0.4) is 0 Å². The number of rotatable bonds is 6. The monoisotopic (exact) mass is 500 g/mol. The minimum atomic E-state index is -0.857. The standard InChI is InChI=1S/C28H24N2O5S/c1-4-35-19-11-9-17(10-12-19)24-23(25(31)18-7-5-16(2)6-8-18)26(32)27(33)30(24)28-29-21-14-13-20(34-3)15-22(21)36-28/h5-15,24,31H,4H2,1-3H3/b25-23+/t24-/m1/s1. The van der Waals surface area contributed by atoms with E-state index in [0.29, 0.717) is 39.9 Å². The fraction of sp³-hybridized carbons (Fsp3) is 0.179. The number of methoxy groups -OCH3 is 1. The largest absolute Gasteiger partial charge is 0.507 e. The van der Waals surface area contributed by atoms with Crippen molar-refractivity contribution in [1.82, 2.24) is 4.98 Å². The molecular weight excluding hydrogens is 476 g/mol. The Morgan fingerprint density at radius 1 is 1.03 bits per heavy atom. The number of ether oxygens (including phenoxy) is 2. The summed E-state index contributed by atoms with van der Waals surface area (Å²) in [6, 6.07) is 18.9. The molecule has 1 aliphatic rings. The zero-order valence-electron chi connectivity index (χ0n) is 20.0. The van der Waals surface area contributed by atoms with Crippen LogP contribution in [0.4, 0.5) is 5.13 Å². The van der Waals surface area contributed by atoms with Crippen molar-refractivity contribution in [3.63, 3.8) is 0 Å². The van der Waals surface area contributed by atoms with Gasteiger partial charge in [-0.05, 0) is 49.7 Å². The number of aryl methyl sites for hydroxylation is 1. The number of hydrogen-bond acceptors (Lipinski definition) is 7. The minimum Gasteiger partial charge on any atom is -0.507 e. The molecule has 0 radical (unpaired) electrons. The predicted octanol–water partition coefficient (Wildman–Crippen LogP) is 5.64. The Morgan fingerprint density at radius 2 is 1.72 bits per heavy atom. The maximum absolute atomic E-state index is 13.4. The zero-order chi connectivity index (χ0) is 25.4. The normalized spacial score (nSPS) is 17.1. The number of aliphatic hydroxyl groups is 1. The molecule has 0 saturated carbocycles. The molecule has 1 N–H and O–H groups in total. The van der Waals surface area contributed by atoms with Crippen molar-refractivity contribution in [1.29, 1.82) is 0 Å². The number of amides is 1. The molecule has 0 bridgehead atoms. The second kappa shape index (κ2) is 9.47. The molecule has 1 saturated heterocycles. The van der Waals surface area contributed by atoms with Gasteiger partial charge in [0.15, 0.2) is 5.13 Å². The molecule has 5 rings (SSSR count). The topological polar surface area (TPSA) is 89.0 Å². The molecule has 0 spiro atoms. The summed E-state index contributed by atoms with van der Waals surface area (Å²) in [5.41, 5.74) is 2.83. The number of fused-ring (bicyclic) bond motifs is 1. The third-order valence-electron chi connectivity index (χ3n) is 6.07. The van der Waals surface area contributed by atoms with E-state index in [1.807, 2.05) is 38.1 Å². The van der Waals surface area contributed by atoms with Crippen LogP contribution in [0, 0.1) is 6.92 Å². The van der Waals surface area contributed by atoms with Crippen LogP contribution in [0.1, 0.15) is 29.7 Å². The molecule has 7 nitrogen and oxygen atoms in total. The Kier molecular flexibility index (Phi) is 6.20. The number of aromatic nitrogens is 1. The first-order chi connectivity index (χ1) is 17.4. The van der Waals surface area contributed by atoms with Crippen molar-refractivity contribution in [3.8, 4) is 11.5 Å². The first-order valence-corrected chi connectivity index (χ1v) is 12.3.